The summed E-state index contributed by atoms with van der Waals surface area (Å²) in [5, 5.41) is 3.83. The minimum atomic E-state index is -0.650. The molecule has 0 aliphatic heterocycles. The second kappa shape index (κ2) is 9.64. The first-order valence-electron chi connectivity index (χ1n) is 9.58. The normalized spacial score (nSPS) is 12.4. The molecule has 0 heterocycles. The molecule has 0 aliphatic rings. The molecular formula is C23H28Cl2N2O2. The molecule has 29 heavy (non-hydrogen) atoms. The second-order valence-electron chi connectivity index (χ2n) is 8.30. The summed E-state index contributed by atoms with van der Waals surface area (Å²) in [6, 6.07) is 12.4. The van der Waals surface area contributed by atoms with E-state index in [1.165, 1.54) is 0 Å². The van der Waals surface area contributed by atoms with E-state index < -0.39 is 11.6 Å². The highest BCUT2D eigenvalue weighted by molar-refractivity contribution is 6.36. The molecule has 156 valence electrons. The van der Waals surface area contributed by atoms with Crippen LogP contribution < -0.4 is 5.32 Å². The monoisotopic (exact) mass is 434 g/mol. The average Bonchev–Trinajstić information content (AvgIpc) is 2.61. The van der Waals surface area contributed by atoms with Crippen LogP contribution in [0.5, 0.6) is 0 Å². The fourth-order valence-electron chi connectivity index (χ4n) is 3.02. The maximum atomic E-state index is 13.2. The molecular weight excluding hydrogens is 407 g/mol. The van der Waals surface area contributed by atoms with E-state index in [2.05, 4.69) is 5.32 Å². The zero-order valence-electron chi connectivity index (χ0n) is 17.6. The number of benzene rings is 2. The number of aryl methyl sites for hydroxylation is 1. The third-order valence-electron chi connectivity index (χ3n) is 4.49. The van der Waals surface area contributed by atoms with Crippen LogP contribution in [0.25, 0.3) is 0 Å². The van der Waals surface area contributed by atoms with Gasteiger partial charge in [-0.05, 0) is 57.9 Å². The number of carbonyl (C=O) groups is 2. The minimum Gasteiger partial charge on any atom is -0.350 e. The van der Waals surface area contributed by atoms with Gasteiger partial charge in [-0.15, -0.1) is 0 Å². The lowest BCUT2D eigenvalue weighted by molar-refractivity contribution is -0.140. The first-order valence-corrected chi connectivity index (χ1v) is 10.3. The van der Waals surface area contributed by atoms with Crippen LogP contribution in [0, 0.1) is 6.92 Å². The summed E-state index contributed by atoms with van der Waals surface area (Å²) in [7, 11) is 0. The molecule has 2 rings (SSSR count). The van der Waals surface area contributed by atoms with E-state index >= 15 is 0 Å². The van der Waals surface area contributed by atoms with Gasteiger partial charge in [0.2, 0.25) is 11.8 Å². The number of hydrogen-bond acceptors (Lipinski definition) is 2. The van der Waals surface area contributed by atoms with Gasteiger partial charge in [0.05, 0.1) is 6.42 Å². The van der Waals surface area contributed by atoms with Gasteiger partial charge in [0, 0.05) is 22.1 Å². The third kappa shape index (κ3) is 6.76. The molecule has 2 aromatic carbocycles. The third-order valence-corrected chi connectivity index (χ3v) is 5.20. The van der Waals surface area contributed by atoms with Gasteiger partial charge >= 0.3 is 0 Å². The maximum absolute atomic E-state index is 13.2. The Morgan fingerprint density at radius 3 is 2.21 bits per heavy atom. The molecule has 2 aromatic rings. The van der Waals surface area contributed by atoms with Crippen LogP contribution in [-0.2, 0) is 22.6 Å². The molecule has 1 atom stereocenters. The molecule has 6 heteroatoms. The molecule has 0 aliphatic carbocycles. The Balaban J connectivity index is 2.32. The highest BCUT2D eigenvalue weighted by Crippen LogP contribution is 2.26. The number of halogens is 2. The Morgan fingerprint density at radius 2 is 1.66 bits per heavy atom. The predicted molar refractivity (Wildman–Crippen MR) is 119 cm³/mol. The van der Waals surface area contributed by atoms with Gasteiger partial charge in [-0.1, -0.05) is 59.1 Å². The van der Waals surface area contributed by atoms with Crippen molar-refractivity contribution < 1.29 is 9.59 Å². The van der Waals surface area contributed by atoms with Crippen molar-refractivity contribution in [1.29, 1.82) is 0 Å². The van der Waals surface area contributed by atoms with Crippen molar-refractivity contribution >= 4 is 35.0 Å². The minimum absolute atomic E-state index is 0.0253. The maximum Gasteiger partial charge on any atom is 0.242 e. The zero-order valence-corrected chi connectivity index (χ0v) is 19.1. The Morgan fingerprint density at radius 1 is 1.07 bits per heavy atom. The summed E-state index contributed by atoms with van der Waals surface area (Å²) in [6.45, 7) is 9.79. The first kappa shape index (κ1) is 23.2. The number of amides is 2. The summed E-state index contributed by atoms with van der Waals surface area (Å²) in [6.07, 6.45) is 0.0253. The highest BCUT2D eigenvalue weighted by atomic mass is 35.5. The molecule has 0 fully saturated rings. The van der Waals surface area contributed by atoms with Crippen molar-refractivity contribution in [2.75, 3.05) is 0 Å². The van der Waals surface area contributed by atoms with Crippen LogP contribution in [-0.4, -0.2) is 28.3 Å². The molecule has 0 aromatic heterocycles. The fourth-order valence-corrected chi connectivity index (χ4v) is 3.55. The van der Waals surface area contributed by atoms with Crippen molar-refractivity contribution in [2.24, 2.45) is 0 Å². The van der Waals surface area contributed by atoms with Crippen molar-refractivity contribution in [2.45, 2.75) is 59.2 Å². The van der Waals surface area contributed by atoms with E-state index in [0.717, 1.165) is 11.1 Å². The van der Waals surface area contributed by atoms with Crippen molar-refractivity contribution in [3.05, 3.63) is 69.2 Å². The summed E-state index contributed by atoms with van der Waals surface area (Å²) >= 11 is 12.5. The van der Waals surface area contributed by atoms with Crippen molar-refractivity contribution in [1.82, 2.24) is 10.2 Å². The molecule has 0 radical (unpaired) electrons. The smallest absolute Gasteiger partial charge is 0.242 e. The molecule has 0 saturated heterocycles. The number of nitrogens with zero attached hydrogens (tertiary/aromatic N) is 1. The van der Waals surface area contributed by atoms with Crippen molar-refractivity contribution in [3.8, 4) is 0 Å². The number of rotatable bonds is 6. The van der Waals surface area contributed by atoms with Crippen molar-refractivity contribution in [3.63, 3.8) is 0 Å². The molecule has 0 bridgehead atoms. The van der Waals surface area contributed by atoms with E-state index in [1.54, 1.807) is 30.0 Å². The van der Waals surface area contributed by atoms with Gasteiger partial charge in [0.15, 0.2) is 0 Å². The summed E-state index contributed by atoms with van der Waals surface area (Å²) in [5.74, 6) is -0.415. The topological polar surface area (TPSA) is 49.4 Å². The second-order valence-corrected chi connectivity index (χ2v) is 9.12. The van der Waals surface area contributed by atoms with Gasteiger partial charge in [0.1, 0.15) is 6.04 Å². The fraction of sp³-hybridized carbons (Fsp3) is 0.391. The zero-order chi connectivity index (χ0) is 21.8. The van der Waals surface area contributed by atoms with E-state index in [4.69, 9.17) is 23.2 Å². The Bertz CT molecular complexity index is 870. The number of nitrogens with one attached hydrogen (secondary N) is 1. The lowest BCUT2D eigenvalue weighted by atomic mass is 10.1. The van der Waals surface area contributed by atoms with Crippen LogP contribution in [0.2, 0.25) is 10.0 Å². The highest BCUT2D eigenvalue weighted by Gasteiger charge is 2.29. The molecule has 4 nitrogen and oxygen atoms in total. The number of hydrogen-bond donors (Lipinski definition) is 1. The Kier molecular flexibility index (Phi) is 7.73. The van der Waals surface area contributed by atoms with E-state index in [9.17, 15) is 9.59 Å². The summed E-state index contributed by atoms with van der Waals surface area (Å²) < 4.78 is 0. The molecule has 0 spiro atoms. The van der Waals surface area contributed by atoms with Crippen LogP contribution in [0.15, 0.2) is 42.5 Å². The predicted octanol–water partition coefficient (Wildman–Crippen LogP) is 5.18. The van der Waals surface area contributed by atoms with E-state index in [0.29, 0.717) is 22.2 Å². The molecule has 1 N–H and O–H groups in total. The standard InChI is InChI=1S/C23H28Cl2N2O2/c1-15-8-6-9-17(12-15)14-27(16(2)22(29)26-23(3,4)5)21(28)13-18-19(24)10-7-11-20(18)25/h6-12,16H,13-14H2,1-5H3,(H,26,29)/t16-/m0/s1. The Labute approximate surface area is 183 Å². The summed E-state index contributed by atoms with van der Waals surface area (Å²) in [5.41, 5.74) is 2.23. The van der Waals surface area contributed by atoms with Crippen LogP contribution in [0.4, 0.5) is 0 Å². The summed E-state index contributed by atoms with van der Waals surface area (Å²) in [4.78, 5) is 27.6. The van der Waals surface area contributed by atoms with E-state index in [-0.39, 0.29) is 18.2 Å². The quantitative estimate of drug-likeness (QED) is 0.680. The van der Waals surface area contributed by atoms with Gasteiger partial charge in [-0.2, -0.15) is 0 Å². The van der Waals surface area contributed by atoms with Crippen LogP contribution in [0.1, 0.15) is 44.4 Å². The molecule has 0 unspecified atom stereocenters. The molecule has 0 saturated carbocycles. The average molecular weight is 435 g/mol. The number of carbonyl (C=O) groups excluding carboxylic acids is 2. The van der Waals surface area contributed by atoms with E-state index in [1.807, 2.05) is 52.0 Å². The Hall–Kier alpha value is -2.04. The lowest BCUT2D eigenvalue weighted by Crippen LogP contribution is -2.52. The SMILES string of the molecule is Cc1cccc(CN(C(=O)Cc2c(Cl)cccc2Cl)[C@@H](C)C(=O)NC(C)(C)C)c1. The largest absolute Gasteiger partial charge is 0.350 e. The molecule has 2 amide bonds. The lowest BCUT2D eigenvalue weighted by Gasteiger charge is -2.31. The van der Waals surface area contributed by atoms with Crippen LogP contribution in [0.3, 0.4) is 0 Å². The van der Waals surface area contributed by atoms with Gasteiger partial charge in [-0.3, -0.25) is 9.59 Å². The van der Waals surface area contributed by atoms with Gasteiger partial charge in [0.25, 0.3) is 0 Å². The van der Waals surface area contributed by atoms with Gasteiger partial charge in [-0.25, -0.2) is 0 Å². The first-order chi connectivity index (χ1) is 13.5. The van der Waals surface area contributed by atoms with Gasteiger partial charge < -0.3 is 10.2 Å². The van der Waals surface area contributed by atoms with Crippen LogP contribution >= 0.6 is 23.2 Å².